The van der Waals surface area contributed by atoms with Crippen LogP contribution in [0.2, 0.25) is 0 Å². The van der Waals surface area contributed by atoms with Crippen LogP contribution in [0, 0.1) is 0 Å². The third kappa shape index (κ3) is 3.31. The van der Waals surface area contributed by atoms with Crippen molar-refractivity contribution in [3.05, 3.63) is 16.4 Å². The molecular formula is C11H19BrN2O. The molecule has 0 radical (unpaired) electrons. The van der Waals surface area contributed by atoms with Crippen molar-refractivity contribution in [3.63, 3.8) is 0 Å². The van der Waals surface area contributed by atoms with Crippen LogP contribution in [0.5, 0.6) is 0 Å². The number of ether oxygens (including phenoxy) is 1. The number of nitrogens with zero attached hydrogens (tertiary/aromatic N) is 2. The van der Waals surface area contributed by atoms with Crippen LogP contribution in [0.4, 0.5) is 0 Å². The lowest BCUT2D eigenvalue weighted by atomic mass is 10.3. The summed E-state index contributed by atoms with van der Waals surface area (Å²) >= 11 is 3.49. The molecule has 0 N–H and O–H groups in total. The summed E-state index contributed by atoms with van der Waals surface area (Å²) < 4.78 is 8.74. The average molecular weight is 275 g/mol. The average Bonchev–Trinajstić information content (AvgIpc) is 2.56. The van der Waals surface area contributed by atoms with Crippen LogP contribution < -0.4 is 0 Å². The van der Waals surface area contributed by atoms with Gasteiger partial charge in [0.2, 0.25) is 0 Å². The van der Waals surface area contributed by atoms with Crippen molar-refractivity contribution in [2.75, 3.05) is 0 Å². The van der Waals surface area contributed by atoms with E-state index in [0.717, 1.165) is 16.6 Å². The van der Waals surface area contributed by atoms with Gasteiger partial charge in [-0.3, -0.25) is 4.68 Å². The Balaban J connectivity index is 2.70. The van der Waals surface area contributed by atoms with E-state index in [9.17, 15) is 0 Å². The Hall–Kier alpha value is -0.350. The molecule has 0 bridgehead atoms. The molecule has 0 spiro atoms. The topological polar surface area (TPSA) is 27.1 Å². The second kappa shape index (κ2) is 5.66. The molecular weight excluding hydrogens is 256 g/mol. The van der Waals surface area contributed by atoms with Gasteiger partial charge in [0.05, 0.1) is 29.1 Å². The van der Waals surface area contributed by atoms with E-state index in [-0.39, 0.29) is 0 Å². The molecule has 0 fully saturated rings. The Kier molecular flexibility index (Phi) is 4.80. The standard InChI is InChI=1S/C11H19BrN2O/c1-5-9(4)15-7-11-10(12)6-13-14(11)8(2)3/h6,8-9H,5,7H2,1-4H3/t9-/m1/s1. The monoisotopic (exact) mass is 274 g/mol. The van der Waals surface area contributed by atoms with Crippen LogP contribution in [0.15, 0.2) is 10.7 Å². The minimum Gasteiger partial charge on any atom is -0.372 e. The molecule has 1 aromatic rings. The van der Waals surface area contributed by atoms with Gasteiger partial charge >= 0.3 is 0 Å². The molecule has 1 atom stereocenters. The lowest BCUT2D eigenvalue weighted by Crippen LogP contribution is -2.12. The fourth-order valence-corrected chi connectivity index (χ4v) is 1.67. The minimum absolute atomic E-state index is 0.299. The van der Waals surface area contributed by atoms with Crippen molar-refractivity contribution in [2.24, 2.45) is 0 Å². The Morgan fingerprint density at radius 3 is 2.67 bits per heavy atom. The largest absolute Gasteiger partial charge is 0.372 e. The summed E-state index contributed by atoms with van der Waals surface area (Å²) in [5.74, 6) is 0. The fraction of sp³-hybridized carbons (Fsp3) is 0.727. The summed E-state index contributed by atoms with van der Waals surface area (Å²) in [4.78, 5) is 0. The Morgan fingerprint density at radius 1 is 1.47 bits per heavy atom. The fourth-order valence-electron chi connectivity index (χ4n) is 1.29. The van der Waals surface area contributed by atoms with Crippen molar-refractivity contribution >= 4 is 15.9 Å². The molecule has 15 heavy (non-hydrogen) atoms. The van der Waals surface area contributed by atoms with Gasteiger partial charge in [0.15, 0.2) is 0 Å². The zero-order valence-corrected chi connectivity index (χ0v) is 11.4. The zero-order valence-electron chi connectivity index (χ0n) is 9.83. The third-order valence-electron chi connectivity index (χ3n) is 2.42. The highest BCUT2D eigenvalue weighted by atomic mass is 79.9. The minimum atomic E-state index is 0.299. The molecule has 1 aromatic heterocycles. The van der Waals surface area contributed by atoms with E-state index in [1.54, 1.807) is 0 Å². The van der Waals surface area contributed by atoms with E-state index in [0.29, 0.717) is 18.8 Å². The molecule has 3 nitrogen and oxygen atoms in total. The maximum atomic E-state index is 5.72. The third-order valence-corrected chi connectivity index (χ3v) is 3.08. The van der Waals surface area contributed by atoms with E-state index in [2.05, 4.69) is 48.7 Å². The molecule has 0 unspecified atom stereocenters. The SMILES string of the molecule is CC[C@@H](C)OCc1c(Br)cnn1C(C)C. The maximum Gasteiger partial charge on any atom is 0.0900 e. The number of rotatable bonds is 5. The van der Waals surface area contributed by atoms with Crippen molar-refractivity contribution in [1.82, 2.24) is 9.78 Å². The summed E-state index contributed by atoms with van der Waals surface area (Å²) in [5.41, 5.74) is 1.12. The van der Waals surface area contributed by atoms with Gasteiger partial charge in [0, 0.05) is 6.04 Å². The number of aromatic nitrogens is 2. The number of hydrogen-bond donors (Lipinski definition) is 0. The van der Waals surface area contributed by atoms with Crippen LogP contribution >= 0.6 is 15.9 Å². The summed E-state index contributed by atoms with van der Waals surface area (Å²) in [6, 6.07) is 0.367. The van der Waals surface area contributed by atoms with Crippen LogP contribution in [0.1, 0.15) is 45.9 Å². The summed E-state index contributed by atoms with van der Waals surface area (Å²) in [5, 5.41) is 4.31. The first-order valence-corrected chi connectivity index (χ1v) is 6.19. The quantitative estimate of drug-likeness (QED) is 0.821. The summed E-state index contributed by atoms with van der Waals surface area (Å²) in [7, 11) is 0. The predicted molar refractivity (Wildman–Crippen MR) is 64.9 cm³/mol. The highest BCUT2D eigenvalue weighted by molar-refractivity contribution is 9.10. The molecule has 0 aliphatic heterocycles. The van der Waals surface area contributed by atoms with E-state index >= 15 is 0 Å². The molecule has 0 saturated heterocycles. The Labute approximate surface area is 99.9 Å². The predicted octanol–water partition coefficient (Wildman–Crippen LogP) is 3.54. The van der Waals surface area contributed by atoms with Gasteiger partial charge in [-0.15, -0.1) is 0 Å². The van der Waals surface area contributed by atoms with Crippen molar-refractivity contribution in [2.45, 2.75) is 52.9 Å². The number of hydrogen-bond acceptors (Lipinski definition) is 2. The first-order chi connectivity index (χ1) is 7.06. The van der Waals surface area contributed by atoms with Crippen molar-refractivity contribution in [1.29, 1.82) is 0 Å². The molecule has 0 aromatic carbocycles. The van der Waals surface area contributed by atoms with Gasteiger partial charge < -0.3 is 4.74 Å². The van der Waals surface area contributed by atoms with Gasteiger partial charge in [-0.25, -0.2) is 0 Å². The first-order valence-electron chi connectivity index (χ1n) is 5.39. The van der Waals surface area contributed by atoms with E-state index in [4.69, 9.17) is 4.74 Å². The van der Waals surface area contributed by atoms with E-state index in [1.165, 1.54) is 0 Å². The molecule has 1 heterocycles. The second-order valence-electron chi connectivity index (χ2n) is 4.01. The van der Waals surface area contributed by atoms with Gasteiger partial charge in [0.1, 0.15) is 0 Å². The lowest BCUT2D eigenvalue weighted by Gasteiger charge is -2.14. The molecule has 0 aliphatic carbocycles. The Bertz CT molecular complexity index is 310. The van der Waals surface area contributed by atoms with E-state index < -0.39 is 0 Å². The van der Waals surface area contributed by atoms with Gasteiger partial charge in [-0.1, -0.05) is 6.92 Å². The van der Waals surface area contributed by atoms with Gasteiger partial charge in [-0.2, -0.15) is 5.10 Å². The van der Waals surface area contributed by atoms with Crippen molar-refractivity contribution < 1.29 is 4.74 Å². The molecule has 4 heteroatoms. The lowest BCUT2D eigenvalue weighted by molar-refractivity contribution is 0.0458. The summed E-state index contributed by atoms with van der Waals surface area (Å²) in [6.07, 6.45) is 3.16. The molecule has 86 valence electrons. The molecule has 0 aliphatic rings. The zero-order chi connectivity index (χ0) is 11.4. The first kappa shape index (κ1) is 12.7. The highest BCUT2D eigenvalue weighted by Gasteiger charge is 2.12. The van der Waals surface area contributed by atoms with Crippen LogP contribution in [0.3, 0.4) is 0 Å². The molecule has 0 saturated carbocycles. The smallest absolute Gasteiger partial charge is 0.0900 e. The Morgan fingerprint density at radius 2 is 2.13 bits per heavy atom. The normalized spacial score (nSPS) is 13.5. The molecule has 0 amide bonds. The maximum absolute atomic E-state index is 5.72. The van der Waals surface area contributed by atoms with Crippen LogP contribution in [0.25, 0.3) is 0 Å². The van der Waals surface area contributed by atoms with Gasteiger partial charge in [0.25, 0.3) is 0 Å². The summed E-state index contributed by atoms with van der Waals surface area (Å²) in [6.45, 7) is 9.07. The van der Waals surface area contributed by atoms with Crippen molar-refractivity contribution in [3.8, 4) is 0 Å². The van der Waals surface area contributed by atoms with E-state index in [1.807, 2.05) is 10.9 Å². The van der Waals surface area contributed by atoms with Crippen LogP contribution in [-0.2, 0) is 11.3 Å². The van der Waals surface area contributed by atoms with Crippen LogP contribution in [-0.4, -0.2) is 15.9 Å². The second-order valence-corrected chi connectivity index (χ2v) is 4.86. The molecule has 1 rings (SSSR count). The van der Waals surface area contributed by atoms with Gasteiger partial charge in [-0.05, 0) is 43.1 Å². The number of halogens is 1. The highest BCUT2D eigenvalue weighted by Crippen LogP contribution is 2.20.